The zero-order valence-corrected chi connectivity index (χ0v) is 7.92. The summed E-state index contributed by atoms with van der Waals surface area (Å²) in [7, 11) is 0. The molecule has 0 atom stereocenters. The quantitative estimate of drug-likeness (QED) is 0.715. The number of nitrogens with zero attached hydrogens (tertiary/aromatic N) is 2. The van der Waals surface area contributed by atoms with Gasteiger partial charge in [0.25, 0.3) is 0 Å². The minimum atomic E-state index is 0. The van der Waals surface area contributed by atoms with E-state index < -0.39 is 0 Å². The molecule has 1 rings (SSSR count). The van der Waals surface area contributed by atoms with Gasteiger partial charge >= 0.3 is 0 Å². The van der Waals surface area contributed by atoms with Crippen molar-refractivity contribution in [2.75, 3.05) is 0 Å². The van der Waals surface area contributed by atoms with Crippen LogP contribution in [0.2, 0.25) is 0 Å². The van der Waals surface area contributed by atoms with Gasteiger partial charge in [-0.05, 0) is 6.07 Å². The molecule has 4 heteroatoms. The van der Waals surface area contributed by atoms with Gasteiger partial charge in [0.05, 0.1) is 5.69 Å². The van der Waals surface area contributed by atoms with Crippen molar-refractivity contribution < 1.29 is 0 Å². The predicted octanol–water partition coefficient (Wildman–Crippen LogP) is 1.95. The van der Waals surface area contributed by atoms with Crippen molar-refractivity contribution in [3.63, 3.8) is 0 Å². The van der Waals surface area contributed by atoms with Gasteiger partial charge in [0.15, 0.2) is 0 Å². The van der Waals surface area contributed by atoms with Gasteiger partial charge in [0.2, 0.25) is 0 Å². The summed E-state index contributed by atoms with van der Waals surface area (Å²) in [5.74, 6) is 0. The molecule has 2 nitrogen and oxygen atoms in total. The molecule has 0 aliphatic carbocycles. The summed E-state index contributed by atoms with van der Waals surface area (Å²) in [5, 5.41) is 0.801. The Kier molecular flexibility index (Phi) is 4.90. The van der Waals surface area contributed by atoms with E-state index in [0.29, 0.717) is 0 Å². The van der Waals surface area contributed by atoms with Crippen LogP contribution in [0, 0.1) is 0 Å². The number of alkyl halides is 1. The summed E-state index contributed by atoms with van der Waals surface area (Å²) >= 11 is 3.27. The lowest BCUT2D eigenvalue weighted by Crippen LogP contribution is -1.82. The van der Waals surface area contributed by atoms with Crippen molar-refractivity contribution in [1.29, 1.82) is 0 Å². The molecule has 0 spiro atoms. The fourth-order valence-electron chi connectivity index (χ4n) is 0.397. The van der Waals surface area contributed by atoms with E-state index in [0.717, 1.165) is 11.0 Å². The van der Waals surface area contributed by atoms with Crippen LogP contribution >= 0.6 is 32.9 Å². The van der Waals surface area contributed by atoms with Gasteiger partial charge in [0, 0.05) is 11.5 Å². The monoisotopic (exact) mass is 252 g/mol. The van der Waals surface area contributed by atoms with Gasteiger partial charge in [-0.15, -0.1) is 17.0 Å². The number of hydrogen-bond donors (Lipinski definition) is 0. The standard InChI is InChI=1S/C5H5BrN2.BrH/c6-3-5-1-2-7-4-8-5;/h1-2,4H,3H2;1H. The van der Waals surface area contributed by atoms with Gasteiger partial charge in [-0.3, -0.25) is 0 Å². The minimum Gasteiger partial charge on any atom is -0.245 e. The van der Waals surface area contributed by atoms with E-state index >= 15 is 0 Å². The maximum Gasteiger partial charge on any atom is 0.115 e. The van der Waals surface area contributed by atoms with E-state index in [1.165, 1.54) is 6.33 Å². The maximum atomic E-state index is 3.94. The maximum absolute atomic E-state index is 3.94. The lowest BCUT2D eigenvalue weighted by molar-refractivity contribution is 1.09. The molecule has 50 valence electrons. The first-order chi connectivity index (χ1) is 3.93. The second kappa shape index (κ2) is 4.88. The molecule has 1 aromatic rings. The lowest BCUT2D eigenvalue weighted by Gasteiger charge is -1.86. The lowest BCUT2D eigenvalue weighted by atomic mass is 10.5. The van der Waals surface area contributed by atoms with Gasteiger partial charge in [-0.1, -0.05) is 15.9 Å². The zero-order chi connectivity index (χ0) is 5.82. The molecule has 0 N–H and O–H groups in total. The normalized spacial score (nSPS) is 8.11. The minimum absolute atomic E-state index is 0. The Balaban J connectivity index is 0.000000640. The smallest absolute Gasteiger partial charge is 0.115 e. The molecule has 0 unspecified atom stereocenters. The number of rotatable bonds is 1. The Bertz CT molecular complexity index is 154. The van der Waals surface area contributed by atoms with Crippen LogP contribution in [0.5, 0.6) is 0 Å². The van der Waals surface area contributed by atoms with Crippen LogP contribution in [-0.4, -0.2) is 9.97 Å². The molecular formula is C5H6Br2N2. The molecule has 1 aromatic heterocycles. The molecule has 0 saturated heterocycles. The van der Waals surface area contributed by atoms with Crippen LogP contribution in [0.3, 0.4) is 0 Å². The highest BCUT2D eigenvalue weighted by Gasteiger charge is 1.83. The Morgan fingerprint density at radius 2 is 2.33 bits per heavy atom. The first-order valence-electron chi connectivity index (χ1n) is 2.24. The molecule has 0 amide bonds. The van der Waals surface area contributed by atoms with Crippen LogP contribution in [0.25, 0.3) is 0 Å². The predicted molar refractivity (Wildman–Crippen MR) is 45.0 cm³/mol. The molecule has 0 aliphatic heterocycles. The summed E-state index contributed by atoms with van der Waals surface area (Å²) in [6.45, 7) is 0. The second-order valence-electron chi connectivity index (χ2n) is 1.33. The third-order valence-corrected chi connectivity index (χ3v) is 1.35. The summed E-state index contributed by atoms with van der Waals surface area (Å²) in [4.78, 5) is 7.70. The van der Waals surface area contributed by atoms with E-state index in [-0.39, 0.29) is 17.0 Å². The fourth-order valence-corrected chi connectivity index (χ4v) is 0.729. The van der Waals surface area contributed by atoms with E-state index in [4.69, 9.17) is 0 Å². The summed E-state index contributed by atoms with van der Waals surface area (Å²) in [6, 6.07) is 1.87. The number of hydrogen-bond acceptors (Lipinski definition) is 2. The van der Waals surface area contributed by atoms with Gasteiger partial charge in [0.1, 0.15) is 6.33 Å². The van der Waals surface area contributed by atoms with Gasteiger partial charge in [-0.25, -0.2) is 9.97 Å². The Morgan fingerprint density at radius 3 is 2.67 bits per heavy atom. The molecular weight excluding hydrogens is 248 g/mol. The van der Waals surface area contributed by atoms with Crippen LogP contribution in [0.4, 0.5) is 0 Å². The van der Waals surface area contributed by atoms with Crippen molar-refractivity contribution in [2.45, 2.75) is 5.33 Å². The van der Waals surface area contributed by atoms with E-state index in [2.05, 4.69) is 25.9 Å². The molecule has 0 aliphatic rings. The van der Waals surface area contributed by atoms with E-state index in [1.54, 1.807) is 6.20 Å². The molecule has 0 bridgehead atoms. The van der Waals surface area contributed by atoms with Crippen molar-refractivity contribution >= 4 is 32.9 Å². The highest BCUT2D eigenvalue weighted by atomic mass is 79.9. The molecule has 1 heterocycles. The first-order valence-corrected chi connectivity index (χ1v) is 3.36. The van der Waals surface area contributed by atoms with Crippen LogP contribution in [0.1, 0.15) is 5.69 Å². The highest BCUT2D eigenvalue weighted by molar-refractivity contribution is 9.08. The summed E-state index contributed by atoms with van der Waals surface area (Å²) < 4.78 is 0. The largest absolute Gasteiger partial charge is 0.245 e. The van der Waals surface area contributed by atoms with Crippen molar-refractivity contribution in [1.82, 2.24) is 9.97 Å². The zero-order valence-electron chi connectivity index (χ0n) is 4.62. The summed E-state index contributed by atoms with van der Waals surface area (Å²) in [6.07, 6.45) is 3.26. The fraction of sp³-hybridized carbons (Fsp3) is 0.200. The van der Waals surface area contributed by atoms with Crippen molar-refractivity contribution in [3.8, 4) is 0 Å². The third-order valence-electron chi connectivity index (χ3n) is 0.780. The average Bonchev–Trinajstić information content (AvgIpc) is 1.90. The topological polar surface area (TPSA) is 25.8 Å². The highest BCUT2D eigenvalue weighted by Crippen LogP contribution is 1.96. The number of aromatic nitrogens is 2. The third kappa shape index (κ3) is 2.91. The van der Waals surface area contributed by atoms with Crippen LogP contribution in [-0.2, 0) is 5.33 Å². The number of halogens is 2. The Hall–Kier alpha value is 0.0400. The molecule has 0 fully saturated rings. The van der Waals surface area contributed by atoms with E-state index in [9.17, 15) is 0 Å². The second-order valence-corrected chi connectivity index (χ2v) is 1.90. The van der Waals surface area contributed by atoms with Crippen LogP contribution in [0.15, 0.2) is 18.6 Å². The average molecular weight is 254 g/mol. The van der Waals surface area contributed by atoms with Crippen molar-refractivity contribution in [3.05, 3.63) is 24.3 Å². The van der Waals surface area contributed by atoms with Crippen molar-refractivity contribution in [2.24, 2.45) is 0 Å². The molecule has 0 aromatic carbocycles. The van der Waals surface area contributed by atoms with E-state index in [1.807, 2.05) is 6.07 Å². The SMILES string of the molecule is Br.BrCc1ccncn1. The van der Waals surface area contributed by atoms with Gasteiger partial charge in [-0.2, -0.15) is 0 Å². The van der Waals surface area contributed by atoms with Crippen LogP contribution < -0.4 is 0 Å². The molecule has 0 saturated carbocycles. The summed E-state index contributed by atoms with van der Waals surface area (Å²) in [5.41, 5.74) is 1.01. The first kappa shape index (κ1) is 9.04. The van der Waals surface area contributed by atoms with Gasteiger partial charge < -0.3 is 0 Å². The molecule has 0 radical (unpaired) electrons. The Labute approximate surface area is 72.6 Å². The Morgan fingerprint density at radius 1 is 1.56 bits per heavy atom. The molecule has 9 heavy (non-hydrogen) atoms.